The molecule has 2 aliphatic rings. The van der Waals surface area contributed by atoms with Crippen LogP contribution in [0.25, 0.3) is 0 Å². The van der Waals surface area contributed by atoms with Crippen molar-refractivity contribution in [1.29, 1.82) is 0 Å². The first kappa shape index (κ1) is 21.2. The van der Waals surface area contributed by atoms with Crippen molar-refractivity contribution in [3.63, 3.8) is 0 Å². The number of aliphatic hydroxyl groups excluding tert-OH is 1. The fourth-order valence-corrected chi connectivity index (χ4v) is 3.98. The maximum atomic E-state index is 11.6. The molecule has 0 saturated carbocycles. The number of amides is 1. The smallest absolute Gasteiger partial charge is 0.220 e. The third-order valence-electron chi connectivity index (χ3n) is 5.06. The molecule has 2 fully saturated rings. The average molecular weight is 493 g/mol. The van der Waals surface area contributed by atoms with E-state index in [2.05, 4.69) is 20.5 Å². The van der Waals surface area contributed by atoms with Crippen molar-refractivity contribution in [2.24, 2.45) is 10.4 Å². The van der Waals surface area contributed by atoms with E-state index in [-0.39, 0.29) is 35.3 Å². The van der Waals surface area contributed by atoms with Crippen LogP contribution >= 0.6 is 35.6 Å². The van der Waals surface area contributed by atoms with E-state index in [1.807, 2.05) is 12.1 Å². The Hall–Kier alpha value is -1.06. The molecule has 8 heteroatoms. The van der Waals surface area contributed by atoms with Crippen LogP contribution in [0.15, 0.2) is 29.3 Å². The normalized spacial score (nSPS) is 24.2. The van der Waals surface area contributed by atoms with E-state index >= 15 is 0 Å². The molecule has 3 rings (SSSR count). The number of carbonyl (C=O) groups is 1. The Labute approximate surface area is 176 Å². The van der Waals surface area contributed by atoms with Gasteiger partial charge >= 0.3 is 0 Å². The second-order valence-electron chi connectivity index (χ2n) is 6.98. The summed E-state index contributed by atoms with van der Waals surface area (Å²) >= 11 is 5.98. The van der Waals surface area contributed by atoms with Gasteiger partial charge < -0.3 is 20.6 Å². The van der Waals surface area contributed by atoms with Crippen LogP contribution in [0.2, 0.25) is 5.02 Å². The van der Waals surface area contributed by atoms with Gasteiger partial charge in [0.25, 0.3) is 0 Å². The molecule has 2 saturated heterocycles. The Kier molecular flexibility index (Phi) is 7.54. The van der Waals surface area contributed by atoms with Crippen LogP contribution in [0.4, 0.5) is 0 Å². The van der Waals surface area contributed by atoms with Gasteiger partial charge in [0.2, 0.25) is 5.91 Å². The number of benzene rings is 1. The minimum atomic E-state index is -0.663. The van der Waals surface area contributed by atoms with Crippen LogP contribution in [0, 0.1) is 5.41 Å². The van der Waals surface area contributed by atoms with Crippen LogP contribution in [0.3, 0.4) is 0 Å². The molecule has 2 unspecified atom stereocenters. The van der Waals surface area contributed by atoms with Crippen LogP contribution in [-0.2, 0) is 4.79 Å². The van der Waals surface area contributed by atoms with E-state index in [4.69, 9.17) is 11.6 Å². The zero-order valence-electron chi connectivity index (χ0n) is 14.9. The van der Waals surface area contributed by atoms with Gasteiger partial charge in [-0.15, -0.1) is 24.0 Å². The van der Waals surface area contributed by atoms with Crippen LogP contribution < -0.4 is 10.6 Å². The van der Waals surface area contributed by atoms with Crippen molar-refractivity contribution in [2.75, 3.05) is 33.2 Å². The van der Waals surface area contributed by atoms with Crippen molar-refractivity contribution in [2.45, 2.75) is 25.4 Å². The number of nitrogens with zero attached hydrogens (tertiary/aromatic N) is 2. The molecule has 144 valence electrons. The molecule has 1 aromatic carbocycles. The molecular weight excluding hydrogens is 467 g/mol. The minimum Gasteiger partial charge on any atom is -0.387 e. The third kappa shape index (κ3) is 5.01. The van der Waals surface area contributed by atoms with Crippen LogP contribution in [0.5, 0.6) is 0 Å². The van der Waals surface area contributed by atoms with E-state index in [0.717, 1.165) is 44.0 Å². The molecule has 0 aromatic heterocycles. The summed E-state index contributed by atoms with van der Waals surface area (Å²) in [4.78, 5) is 18.2. The van der Waals surface area contributed by atoms with Crippen molar-refractivity contribution >= 4 is 47.4 Å². The molecule has 1 spiro atoms. The Morgan fingerprint density at radius 3 is 3.00 bits per heavy atom. The highest BCUT2D eigenvalue weighted by Gasteiger charge is 2.42. The van der Waals surface area contributed by atoms with Gasteiger partial charge in [0.05, 0.1) is 6.10 Å². The molecule has 2 aliphatic heterocycles. The molecule has 26 heavy (non-hydrogen) atoms. The quantitative estimate of drug-likeness (QED) is 0.343. The minimum absolute atomic E-state index is 0. The number of aliphatic hydroxyl groups is 1. The maximum Gasteiger partial charge on any atom is 0.220 e. The predicted molar refractivity (Wildman–Crippen MR) is 114 cm³/mol. The number of hydrogen-bond acceptors (Lipinski definition) is 3. The second kappa shape index (κ2) is 9.23. The molecule has 0 bridgehead atoms. The number of rotatable bonds is 3. The first-order valence-corrected chi connectivity index (χ1v) is 9.05. The first-order chi connectivity index (χ1) is 12.0. The summed E-state index contributed by atoms with van der Waals surface area (Å²) in [6, 6.07) is 7.23. The summed E-state index contributed by atoms with van der Waals surface area (Å²) in [5.41, 5.74) is 0.787. The fourth-order valence-electron chi connectivity index (χ4n) is 3.78. The largest absolute Gasteiger partial charge is 0.387 e. The molecule has 2 atom stereocenters. The SMILES string of the molecule is CN=C(NCC(O)c1cccc(Cl)c1)N1CCCC2(CNC(=O)C2)C1.I. The predicted octanol–water partition coefficient (Wildman–Crippen LogP) is 2.17. The number of halogens is 2. The van der Waals surface area contributed by atoms with Crippen LogP contribution in [-0.4, -0.2) is 55.1 Å². The third-order valence-corrected chi connectivity index (χ3v) is 5.29. The van der Waals surface area contributed by atoms with Gasteiger partial charge in [0.15, 0.2) is 5.96 Å². The average Bonchev–Trinajstić information content (AvgIpc) is 2.95. The number of piperidine rings is 1. The summed E-state index contributed by atoms with van der Waals surface area (Å²) in [6.45, 7) is 2.81. The summed E-state index contributed by atoms with van der Waals surface area (Å²) in [5.74, 6) is 0.903. The van der Waals surface area contributed by atoms with Gasteiger partial charge in [-0.05, 0) is 30.5 Å². The molecule has 0 aliphatic carbocycles. The highest BCUT2D eigenvalue weighted by molar-refractivity contribution is 14.0. The molecule has 3 N–H and O–H groups in total. The lowest BCUT2D eigenvalue weighted by Gasteiger charge is -2.40. The van der Waals surface area contributed by atoms with Crippen molar-refractivity contribution in [3.05, 3.63) is 34.9 Å². The van der Waals surface area contributed by atoms with Crippen molar-refractivity contribution in [1.82, 2.24) is 15.5 Å². The first-order valence-electron chi connectivity index (χ1n) is 8.67. The van der Waals surface area contributed by atoms with Crippen molar-refractivity contribution in [3.8, 4) is 0 Å². The number of likely N-dealkylation sites (tertiary alicyclic amines) is 1. The summed E-state index contributed by atoms with van der Waals surface area (Å²) < 4.78 is 0. The van der Waals surface area contributed by atoms with E-state index in [0.29, 0.717) is 18.0 Å². The van der Waals surface area contributed by atoms with E-state index in [9.17, 15) is 9.90 Å². The zero-order valence-corrected chi connectivity index (χ0v) is 18.0. The topological polar surface area (TPSA) is 77.0 Å². The lowest BCUT2D eigenvalue weighted by molar-refractivity contribution is -0.119. The van der Waals surface area contributed by atoms with Gasteiger partial charge in [0.1, 0.15) is 0 Å². The summed E-state index contributed by atoms with van der Waals surface area (Å²) in [6.07, 6.45) is 2.02. The Morgan fingerprint density at radius 2 is 2.35 bits per heavy atom. The van der Waals surface area contributed by atoms with E-state index < -0.39 is 6.10 Å². The lowest BCUT2D eigenvalue weighted by Crippen LogP contribution is -2.51. The van der Waals surface area contributed by atoms with Crippen LogP contribution in [0.1, 0.15) is 30.9 Å². The van der Waals surface area contributed by atoms with Gasteiger partial charge in [-0.2, -0.15) is 0 Å². The van der Waals surface area contributed by atoms with Gasteiger partial charge in [-0.1, -0.05) is 23.7 Å². The van der Waals surface area contributed by atoms with Gasteiger partial charge in [-0.25, -0.2) is 0 Å². The Balaban J connectivity index is 0.00000243. The molecule has 2 heterocycles. The second-order valence-corrected chi connectivity index (χ2v) is 7.41. The molecular formula is C18H26ClIN4O2. The number of nitrogens with one attached hydrogen (secondary N) is 2. The number of carbonyl (C=O) groups excluding carboxylic acids is 1. The van der Waals surface area contributed by atoms with E-state index in [1.165, 1.54) is 0 Å². The Bertz CT molecular complexity index is 672. The molecule has 1 aromatic rings. The van der Waals surface area contributed by atoms with Gasteiger partial charge in [0, 0.05) is 50.1 Å². The summed E-state index contributed by atoms with van der Waals surface area (Å²) in [5, 5.41) is 17.2. The molecule has 1 amide bonds. The highest BCUT2D eigenvalue weighted by Crippen LogP contribution is 2.36. The number of aliphatic imine (C=N–C) groups is 1. The van der Waals surface area contributed by atoms with Crippen molar-refractivity contribution < 1.29 is 9.90 Å². The maximum absolute atomic E-state index is 11.6. The monoisotopic (exact) mass is 492 g/mol. The molecule has 0 radical (unpaired) electrons. The van der Waals surface area contributed by atoms with E-state index in [1.54, 1.807) is 19.2 Å². The standard InChI is InChI=1S/C18H25ClN4O2.HI/c1-20-17(21-10-15(24)13-4-2-5-14(19)8-13)23-7-3-6-18(12-23)9-16(25)22-11-18;/h2,4-5,8,15,24H,3,6-7,9-12H2,1H3,(H,20,21)(H,22,25);1H. The molecule has 6 nitrogen and oxygen atoms in total. The number of hydrogen-bond donors (Lipinski definition) is 3. The van der Waals surface area contributed by atoms with Gasteiger partial charge in [-0.3, -0.25) is 9.79 Å². The Morgan fingerprint density at radius 1 is 1.54 bits per heavy atom. The summed E-state index contributed by atoms with van der Waals surface area (Å²) in [7, 11) is 1.74. The number of guanidine groups is 1. The fraction of sp³-hybridized carbons (Fsp3) is 0.556. The highest BCUT2D eigenvalue weighted by atomic mass is 127. The lowest BCUT2D eigenvalue weighted by atomic mass is 9.79. The zero-order chi connectivity index (χ0) is 17.9.